The summed E-state index contributed by atoms with van der Waals surface area (Å²) in [5.41, 5.74) is 0. The first kappa shape index (κ1) is 19.2. The van der Waals surface area contributed by atoms with Crippen LogP contribution in [0.1, 0.15) is 25.7 Å². The Morgan fingerprint density at radius 3 is 2.24 bits per heavy atom. The molecule has 2 rings (SSSR count). The van der Waals surface area contributed by atoms with Crippen LogP contribution in [0.3, 0.4) is 0 Å². The number of carbonyl (C=O) groups excluding carboxylic acids is 3. The van der Waals surface area contributed by atoms with E-state index in [0.29, 0.717) is 32.6 Å². The number of hydrogen-bond acceptors (Lipinski definition) is 5. The van der Waals surface area contributed by atoms with E-state index in [2.05, 4.69) is 10.6 Å². The normalized spacial score (nSPS) is 20.0. The van der Waals surface area contributed by atoms with Gasteiger partial charge in [0.15, 0.2) is 0 Å². The average molecular weight is 354 g/mol. The minimum atomic E-state index is -1.07. The lowest BCUT2D eigenvalue weighted by Crippen LogP contribution is -2.53. The number of carboxylic acids is 1. The van der Waals surface area contributed by atoms with Crippen LogP contribution in [0.2, 0.25) is 0 Å². The molecule has 0 saturated carbocycles. The van der Waals surface area contributed by atoms with Crippen LogP contribution < -0.4 is 10.6 Å². The second-order valence-electron chi connectivity index (χ2n) is 6.51. The van der Waals surface area contributed by atoms with E-state index in [4.69, 9.17) is 5.11 Å². The summed E-state index contributed by atoms with van der Waals surface area (Å²) in [6.07, 6.45) is 1.78. The van der Waals surface area contributed by atoms with Gasteiger partial charge in [0.25, 0.3) is 0 Å². The van der Waals surface area contributed by atoms with Gasteiger partial charge in [-0.15, -0.1) is 0 Å². The van der Waals surface area contributed by atoms with Gasteiger partial charge in [-0.25, -0.2) is 0 Å². The van der Waals surface area contributed by atoms with Crippen LogP contribution in [0.15, 0.2) is 0 Å². The van der Waals surface area contributed by atoms with Gasteiger partial charge in [0.05, 0.1) is 6.42 Å². The summed E-state index contributed by atoms with van der Waals surface area (Å²) < 4.78 is 0. The number of hydrogen-bond donors (Lipinski definition) is 3. The molecule has 0 bridgehead atoms. The SMILES string of the molecule is O=CNC(CC(=O)O)CC(=O)N1CCN(C(=O)C2CCNCC2)CC1. The van der Waals surface area contributed by atoms with E-state index in [-0.39, 0.29) is 30.6 Å². The van der Waals surface area contributed by atoms with Crippen molar-refractivity contribution in [3.05, 3.63) is 0 Å². The van der Waals surface area contributed by atoms with Gasteiger partial charge in [-0.1, -0.05) is 0 Å². The first-order valence-corrected chi connectivity index (χ1v) is 8.70. The van der Waals surface area contributed by atoms with Crippen molar-refractivity contribution in [3.8, 4) is 0 Å². The van der Waals surface area contributed by atoms with Gasteiger partial charge in [-0.05, 0) is 25.9 Å². The van der Waals surface area contributed by atoms with E-state index in [1.54, 1.807) is 4.90 Å². The molecular weight excluding hydrogens is 328 g/mol. The molecule has 0 aliphatic carbocycles. The molecular formula is C16H26N4O5. The summed E-state index contributed by atoms with van der Waals surface area (Å²) in [5, 5.41) is 14.4. The van der Waals surface area contributed by atoms with Gasteiger partial charge >= 0.3 is 5.97 Å². The Kier molecular flexibility index (Phi) is 7.17. The molecule has 1 atom stereocenters. The maximum absolute atomic E-state index is 12.5. The van der Waals surface area contributed by atoms with Crippen LogP contribution in [0, 0.1) is 5.92 Å². The lowest BCUT2D eigenvalue weighted by molar-refractivity contribution is -0.143. The third-order valence-electron chi connectivity index (χ3n) is 4.78. The van der Waals surface area contributed by atoms with E-state index in [9.17, 15) is 19.2 Å². The number of carbonyl (C=O) groups is 4. The van der Waals surface area contributed by atoms with Crippen molar-refractivity contribution < 1.29 is 24.3 Å². The van der Waals surface area contributed by atoms with Gasteiger partial charge < -0.3 is 25.5 Å². The monoisotopic (exact) mass is 354 g/mol. The molecule has 2 aliphatic rings. The third-order valence-corrected chi connectivity index (χ3v) is 4.78. The highest BCUT2D eigenvalue weighted by atomic mass is 16.4. The third kappa shape index (κ3) is 5.70. The van der Waals surface area contributed by atoms with Gasteiger partial charge in [-0.2, -0.15) is 0 Å². The van der Waals surface area contributed by atoms with Gasteiger partial charge in [0.2, 0.25) is 18.2 Å². The number of aliphatic carboxylic acids is 1. The Morgan fingerprint density at radius 1 is 1.08 bits per heavy atom. The largest absolute Gasteiger partial charge is 0.481 e. The second-order valence-corrected chi connectivity index (χ2v) is 6.51. The predicted molar refractivity (Wildman–Crippen MR) is 88.6 cm³/mol. The molecule has 0 radical (unpaired) electrons. The number of amides is 3. The van der Waals surface area contributed by atoms with Crippen molar-refractivity contribution in [2.75, 3.05) is 39.3 Å². The highest BCUT2D eigenvalue weighted by Crippen LogP contribution is 2.17. The van der Waals surface area contributed by atoms with Crippen LogP contribution in [-0.2, 0) is 19.2 Å². The minimum Gasteiger partial charge on any atom is -0.481 e. The summed E-state index contributed by atoms with van der Waals surface area (Å²) in [6.45, 7) is 3.61. The van der Waals surface area contributed by atoms with Crippen molar-refractivity contribution in [2.45, 2.75) is 31.7 Å². The molecule has 2 saturated heterocycles. The number of piperidine rings is 1. The molecule has 0 aromatic rings. The summed E-state index contributed by atoms with van der Waals surface area (Å²) in [4.78, 5) is 49.6. The Balaban J connectivity index is 1.79. The first-order valence-electron chi connectivity index (χ1n) is 8.70. The van der Waals surface area contributed by atoms with E-state index < -0.39 is 12.0 Å². The Bertz CT molecular complexity index is 499. The molecule has 25 heavy (non-hydrogen) atoms. The van der Waals surface area contributed by atoms with E-state index >= 15 is 0 Å². The molecule has 9 nitrogen and oxygen atoms in total. The maximum atomic E-state index is 12.5. The van der Waals surface area contributed by atoms with Crippen LogP contribution >= 0.6 is 0 Å². The summed E-state index contributed by atoms with van der Waals surface area (Å²) in [5.74, 6) is -1.03. The maximum Gasteiger partial charge on any atom is 0.305 e. The molecule has 2 aliphatic heterocycles. The van der Waals surface area contributed by atoms with Crippen LogP contribution in [0.5, 0.6) is 0 Å². The quantitative estimate of drug-likeness (QED) is 0.486. The predicted octanol–water partition coefficient (Wildman–Crippen LogP) is -1.36. The van der Waals surface area contributed by atoms with Crippen molar-refractivity contribution in [1.82, 2.24) is 20.4 Å². The fourth-order valence-electron chi connectivity index (χ4n) is 3.34. The lowest BCUT2D eigenvalue weighted by atomic mass is 9.96. The molecule has 0 spiro atoms. The van der Waals surface area contributed by atoms with Crippen molar-refractivity contribution in [1.29, 1.82) is 0 Å². The van der Waals surface area contributed by atoms with Gasteiger partial charge in [0.1, 0.15) is 0 Å². The number of nitrogens with one attached hydrogen (secondary N) is 2. The highest BCUT2D eigenvalue weighted by molar-refractivity contribution is 5.81. The molecule has 0 aromatic heterocycles. The standard InChI is InChI=1S/C16H26N4O5/c21-11-18-13(10-15(23)24)9-14(22)19-5-7-20(8-6-19)16(25)12-1-3-17-4-2-12/h11-13,17H,1-10H2,(H,18,21)(H,23,24). The Labute approximate surface area is 146 Å². The Morgan fingerprint density at radius 2 is 1.68 bits per heavy atom. The molecule has 140 valence electrons. The fraction of sp³-hybridized carbons (Fsp3) is 0.750. The van der Waals surface area contributed by atoms with Crippen molar-refractivity contribution >= 4 is 24.2 Å². The summed E-state index contributed by atoms with van der Waals surface area (Å²) >= 11 is 0. The molecule has 9 heteroatoms. The average Bonchev–Trinajstić information content (AvgIpc) is 2.61. The van der Waals surface area contributed by atoms with E-state index in [0.717, 1.165) is 25.9 Å². The van der Waals surface area contributed by atoms with Gasteiger partial charge in [0, 0.05) is 44.6 Å². The summed E-state index contributed by atoms with van der Waals surface area (Å²) in [7, 11) is 0. The van der Waals surface area contributed by atoms with Crippen LogP contribution in [0.25, 0.3) is 0 Å². The molecule has 1 unspecified atom stereocenters. The molecule has 0 aromatic carbocycles. The summed E-state index contributed by atoms with van der Waals surface area (Å²) in [6, 6.07) is -0.711. The number of piperazine rings is 1. The fourth-order valence-corrected chi connectivity index (χ4v) is 3.34. The highest BCUT2D eigenvalue weighted by Gasteiger charge is 2.30. The second kappa shape index (κ2) is 9.36. The molecule has 3 amide bonds. The zero-order valence-electron chi connectivity index (χ0n) is 14.3. The van der Waals surface area contributed by atoms with Crippen molar-refractivity contribution in [3.63, 3.8) is 0 Å². The topological polar surface area (TPSA) is 119 Å². The van der Waals surface area contributed by atoms with E-state index in [1.165, 1.54) is 0 Å². The Hall–Kier alpha value is -2.16. The van der Waals surface area contributed by atoms with Crippen LogP contribution in [0.4, 0.5) is 0 Å². The van der Waals surface area contributed by atoms with Gasteiger partial charge in [-0.3, -0.25) is 19.2 Å². The number of carboxylic acid groups (broad SMARTS) is 1. The number of nitrogens with zero attached hydrogens (tertiary/aromatic N) is 2. The zero-order chi connectivity index (χ0) is 18.2. The molecule has 3 N–H and O–H groups in total. The van der Waals surface area contributed by atoms with E-state index in [1.807, 2.05) is 4.90 Å². The number of rotatable bonds is 7. The molecule has 2 heterocycles. The zero-order valence-corrected chi connectivity index (χ0v) is 14.3. The first-order chi connectivity index (χ1) is 12.0. The molecule has 2 fully saturated rings. The van der Waals surface area contributed by atoms with Crippen LogP contribution in [-0.4, -0.2) is 84.4 Å². The minimum absolute atomic E-state index is 0.0483. The smallest absolute Gasteiger partial charge is 0.305 e. The van der Waals surface area contributed by atoms with Crippen molar-refractivity contribution in [2.24, 2.45) is 5.92 Å². The lowest BCUT2D eigenvalue weighted by Gasteiger charge is -2.37.